The zero-order chi connectivity index (χ0) is 62.6. The molecule has 0 amide bonds. The summed E-state index contributed by atoms with van der Waals surface area (Å²) in [4.78, 5) is 42.6. The predicted molar refractivity (Wildman–Crippen MR) is 354 cm³/mol. The molecule has 3 heterocycles. The van der Waals surface area contributed by atoms with Crippen LogP contribution in [0.5, 0.6) is 34.5 Å². The lowest BCUT2D eigenvalue weighted by Crippen LogP contribution is -1.95. The van der Waals surface area contributed by atoms with Gasteiger partial charge in [-0.2, -0.15) is 0 Å². The molecule has 3 aromatic carbocycles. The number of carbonyl (C=O) groups is 3. The van der Waals surface area contributed by atoms with Crippen LogP contribution in [-0.4, -0.2) is 70.3 Å². The molecule has 0 spiro atoms. The van der Waals surface area contributed by atoms with Crippen molar-refractivity contribution in [1.29, 1.82) is 0 Å². The van der Waals surface area contributed by atoms with Crippen molar-refractivity contribution in [2.24, 2.45) is 5.73 Å². The molecule has 0 fully saturated rings. The zero-order valence-electron chi connectivity index (χ0n) is 53.3. The molecule has 3 aromatic heterocycles. The monoisotopic (exact) mass is 1150 g/mol. The van der Waals surface area contributed by atoms with Crippen LogP contribution in [-0.2, 0) is 27.2 Å². The number of ether oxygens (including phenoxy) is 3. The van der Waals surface area contributed by atoms with Crippen LogP contribution in [0.4, 0.5) is 5.69 Å². The van der Waals surface area contributed by atoms with Gasteiger partial charge in [0.25, 0.3) is 5.97 Å². The van der Waals surface area contributed by atoms with E-state index in [2.05, 4.69) is 47.9 Å². The second-order valence-electron chi connectivity index (χ2n) is 14.6. The van der Waals surface area contributed by atoms with Crippen molar-refractivity contribution in [3.05, 3.63) is 158 Å². The number of anilines is 1. The Morgan fingerprint density at radius 3 is 0.825 bits per heavy atom. The molecule has 80 heavy (non-hydrogen) atoms. The second-order valence-corrected chi connectivity index (χ2v) is 17.0. The largest absolute Gasteiger partial charge is 0.481 e. The number of carboxylic acid groups (broad SMARTS) is 1. The van der Waals surface area contributed by atoms with Gasteiger partial charge in [-0.15, -0.1) is 17.2 Å². The highest BCUT2D eigenvalue weighted by atomic mass is 31.1. The van der Waals surface area contributed by atoms with Gasteiger partial charge < -0.3 is 30.8 Å². The number of hydrogen-bond acceptors (Lipinski definition) is 11. The predicted octanol–water partition coefficient (Wildman–Crippen LogP) is 19.3. The smallest absolute Gasteiger partial charge is 0.300 e. The first-order valence-electron chi connectivity index (χ1n) is 28.7. The highest BCUT2D eigenvalue weighted by molar-refractivity contribution is 7.37. The Bertz CT molecular complexity index is 2000. The molecule has 0 aliphatic heterocycles. The van der Waals surface area contributed by atoms with E-state index in [1.54, 1.807) is 99.6 Å². The minimum atomic E-state index is -0.833. The van der Waals surface area contributed by atoms with Crippen molar-refractivity contribution in [3.8, 4) is 34.5 Å². The third-order valence-corrected chi connectivity index (χ3v) is 10.1. The van der Waals surface area contributed by atoms with Crippen LogP contribution in [0, 0.1) is 0 Å². The molecule has 2 unspecified atom stereocenters. The van der Waals surface area contributed by atoms with Crippen LogP contribution in [0.25, 0.3) is 0 Å². The number of aromatic nitrogens is 3. The third kappa shape index (κ3) is 62.8. The van der Waals surface area contributed by atoms with Crippen LogP contribution in [0.15, 0.2) is 146 Å². The van der Waals surface area contributed by atoms with Gasteiger partial charge in [0.05, 0.1) is 0 Å². The lowest BCUT2D eigenvalue weighted by molar-refractivity contribution is -0.134. The van der Waals surface area contributed by atoms with E-state index in [0.29, 0.717) is 12.8 Å². The number of aliphatic carboxylic acids is 1. The average Bonchev–Trinajstić information content (AvgIpc) is 3.50. The summed E-state index contributed by atoms with van der Waals surface area (Å²) < 4.78 is 16.8. The van der Waals surface area contributed by atoms with Crippen molar-refractivity contribution >= 4 is 40.4 Å². The number of rotatable bonds is 18. The summed E-state index contributed by atoms with van der Waals surface area (Å²) in [5.41, 5.74) is 12.8. The Labute approximate surface area is 492 Å². The number of ketones is 2. The number of carbonyl (C=O) groups excluding carboxylic acids is 2. The third-order valence-electron chi connectivity index (χ3n) is 8.35. The number of nitrogens with zero attached hydrogens (tertiary/aromatic N) is 3. The topological polar surface area (TPSA) is 190 Å². The number of hydrogen-bond donors (Lipinski definition) is 3. The van der Waals surface area contributed by atoms with E-state index in [1.807, 2.05) is 144 Å². The molecule has 5 N–H and O–H groups in total. The Morgan fingerprint density at radius 1 is 0.412 bits per heavy atom. The van der Waals surface area contributed by atoms with Crippen LogP contribution < -0.4 is 25.7 Å². The molecule has 2 atom stereocenters. The molecule has 452 valence electrons. The number of nitrogen functional groups attached to an aromatic ring is 1. The Morgan fingerprint density at radius 2 is 0.625 bits per heavy atom. The van der Waals surface area contributed by atoms with Gasteiger partial charge in [0.2, 0.25) is 0 Å². The van der Waals surface area contributed by atoms with E-state index in [-0.39, 0.29) is 11.6 Å². The normalized spacial score (nSPS) is 8.71. The number of pyridine rings is 3. The number of nitrogens with two attached hydrogens (primary N) is 2. The van der Waals surface area contributed by atoms with Gasteiger partial charge in [0.1, 0.15) is 46.1 Å². The van der Waals surface area contributed by atoms with Crippen LogP contribution >= 0.6 is 17.2 Å². The van der Waals surface area contributed by atoms with Crippen molar-refractivity contribution in [2.75, 3.05) is 38.4 Å². The first-order chi connectivity index (χ1) is 38.9. The van der Waals surface area contributed by atoms with Gasteiger partial charge in [0, 0.05) is 62.6 Å². The van der Waals surface area contributed by atoms with E-state index in [0.717, 1.165) is 58.2 Å². The molecule has 0 aliphatic rings. The van der Waals surface area contributed by atoms with Crippen LogP contribution in [0.2, 0.25) is 0 Å². The Hall–Kier alpha value is -6.06. The lowest BCUT2D eigenvalue weighted by Gasteiger charge is -2.05. The fourth-order valence-corrected chi connectivity index (χ4v) is 6.40. The minimum absolute atomic E-state index is 0.160. The molecule has 6 rings (SSSR count). The van der Waals surface area contributed by atoms with Crippen molar-refractivity contribution in [3.63, 3.8) is 0 Å². The number of carboxylic acids is 1. The summed E-state index contributed by atoms with van der Waals surface area (Å²) in [6, 6.07) is 33.1. The summed E-state index contributed by atoms with van der Waals surface area (Å²) >= 11 is 0. The highest BCUT2D eigenvalue weighted by Gasteiger charge is 2.02. The van der Waals surface area contributed by atoms with Crippen molar-refractivity contribution in [1.82, 2.24) is 15.0 Å². The molecule has 14 heteroatoms. The summed E-state index contributed by atoms with van der Waals surface area (Å²) in [6.45, 7) is 37.3. The van der Waals surface area contributed by atoms with Gasteiger partial charge >= 0.3 is 0 Å². The number of Topliss-reactive ketones (excluding diaryl/α,β-unsaturated/α-hetero) is 2. The highest BCUT2D eigenvalue weighted by Crippen LogP contribution is 2.23. The van der Waals surface area contributed by atoms with Gasteiger partial charge in [0.15, 0.2) is 0 Å². The fraction of sp³-hybridized carbons (Fsp3) is 0.455. The maximum atomic E-state index is 11.0. The van der Waals surface area contributed by atoms with Gasteiger partial charge in [-0.1, -0.05) is 147 Å². The number of unbranched alkanes of at least 4 members (excludes halogenated alkanes) is 4. The van der Waals surface area contributed by atoms with Gasteiger partial charge in [-0.05, 0) is 155 Å². The lowest BCUT2D eigenvalue weighted by atomic mass is 10.1. The molecule has 6 aromatic rings. The minimum Gasteiger partial charge on any atom is -0.481 e. The van der Waals surface area contributed by atoms with Crippen molar-refractivity contribution in [2.45, 2.75) is 169 Å². The molecular weight excluding hydrogens is 1040 g/mol. The molecular formula is C66H111N5O7P2. The second kappa shape index (κ2) is 72.9. The van der Waals surface area contributed by atoms with Crippen LogP contribution in [0.1, 0.15) is 167 Å². The first-order valence-corrected chi connectivity index (χ1v) is 32.1. The van der Waals surface area contributed by atoms with E-state index in [9.17, 15) is 9.59 Å². The standard InChI is InChI=1S/2C14H13NO2.C11H10N2O.2C6H15P.C2H4O2.6C2H6.CH5N/c2*1-11(16)10-12-2-4-13(5-3-12)17-14-6-8-15-9-7-14;12-9-1-3-10(4-2-9)14-11-5-7-13-8-6-11;2*1-3-4-5-6-7-2;1-2(3)4;7*1-2/h2*2-9H,10H2,1H3;1-8H,12H2;2*7H,3-6H2,1-2H3;1H3,(H,3,4);6*1-2H3;2H2,1H3. The quantitative estimate of drug-likeness (QED) is 0.0420. The van der Waals surface area contributed by atoms with E-state index >= 15 is 0 Å². The summed E-state index contributed by atoms with van der Waals surface area (Å²) in [6.07, 6.45) is 22.4. The fourth-order valence-electron chi connectivity index (χ4n) is 5.19. The summed E-state index contributed by atoms with van der Waals surface area (Å²) in [7, 11) is 3.84. The van der Waals surface area contributed by atoms with E-state index in [1.165, 1.54) is 75.1 Å². The SMILES string of the molecule is CC.CC.CC.CC.CC.CC.CC(=O)Cc1ccc(Oc2ccncc2)cc1.CC(=O)Cc1ccc(Oc2ccncc2)cc1.CC(=O)O.CCCCCPC.CCCCCPC.CN.Nc1ccc(Oc2ccncc2)cc1. The molecule has 12 nitrogen and oxygen atoms in total. The van der Waals surface area contributed by atoms with E-state index in [4.69, 9.17) is 29.8 Å². The van der Waals surface area contributed by atoms with Gasteiger partial charge in [-0.3, -0.25) is 29.3 Å². The first kappa shape index (κ1) is 87.8. The summed E-state index contributed by atoms with van der Waals surface area (Å²) in [5.74, 6) is 4.03. The maximum Gasteiger partial charge on any atom is 0.300 e. The molecule has 0 saturated carbocycles. The number of benzene rings is 3. The Balaban J connectivity index is -0.000000159. The maximum absolute atomic E-state index is 11.0. The van der Waals surface area contributed by atoms with Crippen LogP contribution in [0.3, 0.4) is 0 Å². The molecule has 0 bridgehead atoms. The summed E-state index contributed by atoms with van der Waals surface area (Å²) in [5, 5.41) is 7.42. The Kier molecular flexibility index (Phi) is 80.0. The van der Waals surface area contributed by atoms with Gasteiger partial charge in [-0.25, -0.2) is 0 Å². The average molecular weight is 1150 g/mol. The van der Waals surface area contributed by atoms with E-state index < -0.39 is 5.97 Å². The van der Waals surface area contributed by atoms with Crippen molar-refractivity contribution < 1.29 is 33.7 Å². The zero-order valence-corrected chi connectivity index (χ0v) is 55.3. The molecule has 0 aliphatic carbocycles. The molecule has 0 radical (unpaired) electrons. The molecule has 0 saturated heterocycles.